The summed E-state index contributed by atoms with van der Waals surface area (Å²) in [4.78, 5) is 27.3. The van der Waals surface area contributed by atoms with Gasteiger partial charge in [0.1, 0.15) is 5.82 Å². The lowest BCUT2D eigenvalue weighted by molar-refractivity contribution is -0.123. The van der Waals surface area contributed by atoms with Crippen LogP contribution in [0.1, 0.15) is 36.7 Å². The lowest BCUT2D eigenvalue weighted by atomic mass is 10.0. The molecule has 1 heterocycles. The molecular formula is C15H17FN4O3. The molecule has 0 spiro atoms. The van der Waals surface area contributed by atoms with E-state index in [0.29, 0.717) is 17.3 Å². The second-order valence-electron chi connectivity index (χ2n) is 5.02. The van der Waals surface area contributed by atoms with Gasteiger partial charge in [0, 0.05) is 13.8 Å². The Bertz CT molecular complexity index is 684. The van der Waals surface area contributed by atoms with Gasteiger partial charge in [-0.3, -0.25) is 9.59 Å². The summed E-state index contributed by atoms with van der Waals surface area (Å²) in [6.07, 6.45) is 0.0159. The lowest BCUT2D eigenvalue weighted by Gasteiger charge is -2.18. The Morgan fingerprint density at radius 1 is 1.30 bits per heavy atom. The summed E-state index contributed by atoms with van der Waals surface area (Å²) in [6.45, 7) is 3.14. The van der Waals surface area contributed by atoms with Crippen molar-refractivity contribution in [3.8, 4) is 0 Å². The highest BCUT2D eigenvalue weighted by molar-refractivity contribution is 5.79. The molecule has 0 aliphatic heterocycles. The van der Waals surface area contributed by atoms with Crippen molar-refractivity contribution in [2.45, 2.75) is 32.9 Å². The van der Waals surface area contributed by atoms with E-state index in [2.05, 4.69) is 20.8 Å². The summed E-state index contributed by atoms with van der Waals surface area (Å²) in [6, 6.07) is 5.09. The van der Waals surface area contributed by atoms with Gasteiger partial charge in [-0.2, -0.15) is 4.98 Å². The number of aryl methyl sites for hydroxylation is 1. The van der Waals surface area contributed by atoms with Gasteiger partial charge in [-0.25, -0.2) is 4.39 Å². The molecule has 0 aliphatic carbocycles. The molecule has 0 aliphatic rings. The van der Waals surface area contributed by atoms with E-state index in [1.165, 1.54) is 31.2 Å². The van der Waals surface area contributed by atoms with Gasteiger partial charge < -0.3 is 15.2 Å². The first-order valence-electron chi connectivity index (χ1n) is 7.02. The Hall–Kier alpha value is -2.77. The number of aromatic nitrogens is 2. The van der Waals surface area contributed by atoms with Gasteiger partial charge >= 0.3 is 0 Å². The van der Waals surface area contributed by atoms with Crippen LogP contribution in [-0.2, 0) is 16.1 Å². The van der Waals surface area contributed by atoms with Crippen molar-refractivity contribution in [3.05, 3.63) is 47.4 Å². The number of rotatable bonds is 6. The lowest BCUT2D eigenvalue weighted by Crippen LogP contribution is -2.32. The van der Waals surface area contributed by atoms with Gasteiger partial charge in [-0.15, -0.1) is 0 Å². The highest BCUT2D eigenvalue weighted by Gasteiger charge is 2.17. The minimum Gasteiger partial charge on any atom is -0.349 e. The van der Waals surface area contributed by atoms with Crippen LogP contribution < -0.4 is 10.6 Å². The van der Waals surface area contributed by atoms with Crippen molar-refractivity contribution < 1.29 is 18.5 Å². The van der Waals surface area contributed by atoms with Gasteiger partial charge in [0.15, 0.2) is 5.82 Å². The van der Waals surface area contributed by atoms with Gasteiger partial charge in [-0.05, 0) is 17.7 Å². The van der Waals surface area contributed by atoms with Crippen molar-refractivity contribution in [3.63, 3.8) is 0 Å². The molecule has 0 unspecified atom stereocenters. The fraction of sp³-hybridized carbons (Fsp3) is 0.333. The largest absolute Gasteiger partial charge is 0.349 e. The fourth-order valence-corrected chi connectivity index (χ4v) is 2.04. The van der Waals surface area contributed by atoms with Crippen molar-refractivity contribution in [2.24, 2.45) is 0 Å². The molecule has 0 saturated heterocycles. The zero-order valence-electron chi connectivity index (χ0n) is 12.8. The van der Waals surface area contributed by atoms with E-state index in [1.54, 1.807) is 6.92 Å². The number of carbonyl (C=O) groups is 2. The van der Waals surface area contributed by atoms with Crippen LogP contribution in [0.4, 0.5) is 4.39 Å². The third-order valence-corrected chi connectivity index (χ3v) is 3.05. The fourth-order valence-electron chi connectivity index (χ4n) is 2.04. The van der Waals surface area contributed by atoms with Crippen LogP contribution in [-0.4, -0.2) is 22.0 Å². The monoisotopic (exact) mass is 320 g/mol. The van der Waals surface area contributed by atoms with Crippen molar-refractivity contribution in [1.82, 2.24) is 20.8 Å². The number of carbonyl (C=O) groups excluding carboxylic acids is 2. The van der Waals surface area contributed by atoms with E-state index in [1.807, 2.05) is 0 Å². The van der Waals surface area contributed by atoms with E-state index in [-0.39, 0.29) is 30.6 Å². The predicted octanol–water partition coefficient (Wildman–Crippen LogP) is 1.40. The minimum absolute atomic E-state index is 0.0159. The molecule has 2 aromatic rings. The number of amides is 2. The normalized spacial score (nSPS) is 11.8. The Morgan fingerprint density at radius 2 is 2.00 bits per heavy atom. The molecule has 0 fully saturated rings. The van der Waals surface area contributed by atoms with Gasteiger partial charge in [0.05, 0.1) is 19.0 Å². The average Bonchev–Trinajstić information content (AvgIpc) is 2.90. The first kappa shape index (κ1) is 16.6. The second-order valence-corrected chi connectivity index (χ2v) is 5.02. The van der Waals surface area contributed by atoms with Crippen LogP contribution in [0.2, 0.25) is 0 Å². The minimum atomic E-state index is -0.542. The molecule has 1 aromatic heterocycles. The SMILES string of the molecule is CC(=O)N[C@@H](CC(=O)NCc1noc(C)n1)c1ccc(F)cc1. The number of halogens is 1. The van der Waals surface area contributed by atoms with E-state index < -0.39 is 6.04 Å². The highest BCUT2D eigenvalue weighted by atomic mass is 19.1. The summed E-state index contributed by atoms with van der Waals surface area (Å²) < 4.78 is 17.8. The van der Waals surface area contributed by atoms with Crippen molar-refractivity contribution in [1.29, 1.82) is 0 Å². The first-order chi connectivity index (χ1) is 10.9. The maximum absolute atomic E-state index is 13.0. The number of hydrogen-bond acceptors (Lipinski definition) is 5. The molecule has 8 heteroatoms. The maximum atomic E-state index is 13.0. The zero-order chi connectivity index (χ0) is 16.8. The van der Waals surface area contributed by atoms with E-state index in [9.17, 15) is 14.0 Å². The average molecular weight is 320 g/mol. The third kappa shape index (κ3) is 5.17. The number of nitrogens with zero attached hydrogens (tertiary/aromatic N) is 2. The molecule has 1 atom stereocenters. The predicted molar refractivity (Wildman–Crippen MR) is 78.5 cm³/mol. The summed E-state index contributed by atoms with van der Waals surface area (Å²) in [5, 5.41) is 9.00. The number of nitrogens with one attached hydrogen (secondary N) is 2. The van der Waals surface area contributed by atoms with Crippen LogP contribution in [0, 0.1) is 12.7 Å². The Labute approximate surface area is 132 Å². The van der Waals surface area contributed by atoms with Crippen LogP contribution in [0.5, 0.6) is 0 Å². The van der Waals surface area contributed by atoms with E-state index in [0.717, 1.165) is 0 Å². The summed E-state index contributed by atoms with van der Waals surface area (Å²) in [7, 11) is 0. The Balaban J connectivity index is 1.97. The molecular weight excluding hydrogens is 303 g/mol. The van der Waals surface area contributed by atoms with E-state index in [4.69, 9.17) is 4.52 Å². The van der Waals surface area contributed by atoms with Gasteiger partial charge in [0.25, 0.3) is 0 Å². The van der Waals surface area contributed by atoms with Crippen LogP contribution in [0.3, 0.4) is 0 Å². The zero-order valence-corrected chi connectivity index (χ0v) is 12.8. The van der Waals surface area contributed by atoms with Crippen LogP contribution >= 0.6 is 0 Å². The summed E-state index contributed by atoms with van der Waals surface area (Å²) in [5.41, 5.74) is 0.646. The summed E-state index contributed by atoms with van der Waals surface area (Å²) in [5.74, 6) is -0.172. The molecule has 0 radical (unpaired) electrons. The van der Waals surface area contributed by atoms with E-state index >= 15 is 0 Å². The summed E-state index contributed by atoms with van der Waals surface area (Å²) >= 11 is 0. The molecule has 23 heavy (non-hydrogen) atoms. The molecule has 7 nitrogen and oxygen atoms in total. The number of hydrogen-bond donors (Lipinski definition) is 2. The van der Waals surface area contributed by atoms with Gasteiger partial charge in [-0.1, -0.05) is 17.3 Å². The van der Waals surface area contributed by atoms with Crippen LogP contribution in [0.25, 0.3) is 0 Å². The maximum Gasteiger partial charge on any atom is 0.223 e. The van der Waals surface area contributed by atoms with Crippen LogP contribution in [0.15, 0.2) is 28.8 Å². The first-order valence-corrected chi connectivity index (χ1v) is 7.02. The molecule has 2 N–H and O–H groups in total. The Morgan fingerprint density at radius 3 is 2.57 bits per heavy atom. The topological polar surface area (TPSA) is 97.1 Å². The van der Waals surface area contributed by atoms with Crippen molar-refractivity contribution in [2.75, 3.05) is 0 Å². The number of benzene rings is 1. The standard InChI is InChI=1S/C15H17FN4O3/c1-9(21)18-13(11-3-5-12(16)6-4-11)7-15(22)17-8-14-19-10(2)23-20-14/h3-6,13H,7-8H2,1-2H3,(H,17,22)(H,18,21)/t13-/m0/s1. The van der Waals surface area contributed by atoms with Crippen molar-refractivity contribution >= 4 is 11.8 Å². The molecule has 1 aromatic carbocycles. The quantitative estimate of drug-likeness (QED) is 0.838. The second kappa shape index (κ2) is 7.48. The molecule has 2 rings (SSSR count). The molecule has 0 bridgehead atoms. The smallest absolute Gasteiger partial charge is 0.223 e. The Kier molecular flexibility index (Phi) is 5.40. The highest BCUT2D eigenvalue weighted by Crippen LogP contribution is 2.17. The molecule has 2 amide bonds. The third-order valence-electron chi connectivity index (χ3n) is 3.05. The van der Waals surface area contributed by atoms with Gasteiger partial charge in [0.2, 0.25) is 17.7 Å². The molecule has 122 valence electrons. The molecule has 0 saturated carbocycles.